The second-order valence-corrected chi connectivity index (χ2v) is 8.13. The van der Waals surface area contributed by atoms with Gasteiger partial charge in [-0.05, 0) is 13.0 Å². The lowest BCUT2D eigenvalue weighted by Gasteiger charge is -2.18. The molecule has 8 heteroatoms. The maximum absolute atomic E-state index is 11.7. The van der Waals surface area contributed by atoms with E-state index in [4.69, 9.17) is 0 Å². The van der Waals surface area contributed by atoms with Crippen LogP contribution in [0.2, 0.25) is 0 Å². The third-order valence-electron chi connectivity index (χ3n) is 2.06. The Hall–Kier alpha value is -0.180. The molecular weight excluding hydrogens is 240 g/mol. The van der Waals surface area contributed by atoms with Crippen molar-refractivity contribution in [1.82, 2.24) is 9.62 Å². The van der Waals surface area contributed by atoms with E-state index in [0.717, 1.165) is 12.8 Å². The molecule has 0 bridgehead atoms. The minimum atomic E-state index is -3.66. The van der Waals surface area contributed by atoms with E-state index >= 15 is 0 Å². The molecule has 0 aromatic carbocycles. The zero-order valence-electron chi connectivity index (χ0n) is 8.64. The topological polar surface area (TPSA) is 83.5 Å². The molecule has 1 heterocycles. The summed E-state index contributed by atoms with van der Waals surface area (Å²) < 4.78 is 46.5. The van der Waals surface area contributed by atoms with Crippen LogP contribution in [0, 0.1) is 0 Å². The third-order valence-corrected chi connectivity index (χ3v) is 6.11. The Labute approximate surface area is 90.6 Å². The van der Waals surface area contributed by atoms with Gasteiger partial charge in [0.2, 0.25) is 10.0 Å². The van der Waals surface area contributed by atoms with Crippen LogP contribution in [-0.2, 0) is 19.9 Å². The predicted octanol–water partition coefficient (Wildman–Crippen LogP) is -1.39. The quantitative estimate of drug-likeness (QED) is 0.672. The first kappa shape index (κ1) is 12.9. The van der Waals surface area contributed by atoms with E-state index in [-0.39, 0.29) is 0 Å². The number of sulfone groups is 1. The Morgan fingerprint density at radius 2 is 1.80 bits per heavy atom. The summed E-state index contributed by atoms with van der Waals surface area (Å²) in [5.41, 5.74) is 0. The van der Waals surface area contributed by atoms with Crippen molar-refractivity contribution in [2.24, 2.45) is 0 Å². The number of rotatable bonds is 3. The van der Waals surface area contributed by atoms with Gasteiger partial charge in [0, 0.05) is 25.9 Å². The van der Waals surface area contributed by atoms with Gasteiger partial charge in [0.25, 0.3) is 0 Å². The minimum Gasteiger partial charge on any atom is -0.315 e. The van der Waals surface area contributed by atoms with Crippen LogP contribution in [0.25, 0.3) is 0 Å². The molecule has 0 unspecified atom stereocenters. The smallest absolute Gasteiger partial charge is 0.228 e. The monoisotopic (exact) mass is 256 g/mol. The molecule has 1 aliphatic heterocycles. The van der Waals surface area contributed by atoms with Gasteiger partial charge in [0.1, 0.15) is 0 Å². The van der Waals surface area contributed by atoms with Gasteiger partial charge in [0.05, 0.1) is 0 Å². The van der Waals surface area contributed by atoms with Crippen LogP contribution < -0.4 is 5.32 Å². The summed E-state index contributed by atoms with van der Waals surface area (Å²) >= 11 is 0. The normalized spacial score (nSPS) is 21.1. The van der Waals surface area contributed by atoms with E-state index in [9.17, 15) is 16.8 Å². The summed E-state index contributed by atoms with van der Waals surface area (Å²) in [5, 5.41) is 2.26. The Kier molecular flexibility index (Phi) is 4.10. The molecule has 0 aromatic rings. The Bertz CT molecular complexity index is 393. The lowest BCUT2D eigenvalue weighted by Crippen LogP contribution is -2.37. The first-order valence-electron chi connectivity index (χ1n) is 4.67. The summed E-state index contributed by atoms with van der Waals surface area (Å²) in [5.74, 6) is 0. The average molecular weight is 256 g/mol. The summed E-state index contributed by atoms with van der Waals surface area (Å²) in [7, 11) is -7.15. The Morgan fingerprint density at radius 1 is 1.13 bits per heavy atom. The molecule has 6 nitrogen and oxygen atoms in total. The van der Waals surface area contributed by atoms with Crippen LogP contribution in [0.15, 0.2) is 0 Å². The molecule has 0 saturated carbocycles. The highest BCUT2D eigenvalue weighted by Crippen LogP contribution is 2.06. The standard InChI is InChI=1S/C7H16N2O4S2/c1-14(10,11)7-15(12,13)9-5-2-3-8-4-6-9/h8H,2-7H2,1H3. The molecule has 0 atom stereocenters. The second-order valence-electron chi connectivity index (χ2n) is 3.66. The molecule has 0 radical (unpaired) electrons. The fourth-order valence-corrected chi connectivity index (χ4v) is 4.98. The van der Waals surface area contributed by atoms with Crippen molar-refractivity contribution >= 4 is 19.9 Å². The van der Waals surface area contributed by atoms with Gasteiger partial charge in [-0.2, -0.15) is 4.31 Å². The molecule has 15 heavy (non-hydrogen) atoms. The summed E-state index contributed by atoms with van der Waals surface area (Å²) in [6, 6.07) is 0. The predicted molar refractivity (Wildman–Crippen MR) is 57.7 cm³/mol. The molecule has 90 valence electrons. The lowest BCUT2D eigenvalue weighted by molar-refractivity contribution is 0.435. The number of nitrogens with one attached hydrogen (secondary N) is 1. The van der Waals surface area contributed by atoms with Crippen LogP contribution >= 0.6 is 0 Å². The largest absolute Gasteiger partial charge is 0.315 e. The van der Waals surface area contributed by atoms with E-state index in [0.29, 0.717) is 26.1 Å². The first-order chi connectivity index (χ1) is 6.81. The highest BCUT2D eigenvalue weighted by atomic mass is 32.3. The molecule has 0 spiro atoms. The summed E-state index contributed by atoms with van der Waals surface area (Å²) in [6.45, 7) is 2.08. The van der Waals surface area contributed by atoms with E-state index in [1.807, 2.05) is 0 Å². The fraction of sp³-hybridized carbons (Fsp3) is 1.00. The molecule has 1 fully saturated rings. The van der Waals surface area contributed by atoms with Gasteiger partial charge in [0.15, 0.2) is 14.9 Å². The van der Waals surface area contributed by atoms with Gasteiger partial charge >= 0.3 is 0 Å². The number of hydrogen-bond donors (Lipinski definition) is 1. The van der Waals surface area contributed by atoms with Crippen LogP contribution in [0.3, 0.4) is 0 Å². The van der Waals surface area contributed by atoms with Crippen molar-refractivity contribution in [3.63, 3.8) is 0 Å². The molecule has 1 aliphatic rings. The van der Waals surface area contributed by atoms with E-state index in [1.54, 1.807) is 0 Å². The summed E-state index contributed by atoms with van der Waals surface area (Å²) in [4.78, 5) is 0. The maximum atomic E-state index is 11.7. The highest BCUT2D eigenvalue weighted by molar-refractivity contribution is 8.06. The van der Waals surface area contributed by atoms with Crippen LogP contribution in [0.1, 0.15) is 6.42 Å². The van der Waals surface area contributed by atoms with Crippen molar-refractivity contribution in [2.45, 2.75) is 6.42 Å². The molecule has 0 aromatic heterocycles. The fourth-order valence-electron chi connectivity index (χ4n) is 1.44. The first-order valence-corrected chi connectivity index (χ1v) is 8.34. The third kappa shape index (κ3) is 4.45. The molecule has 0 aliphatic carbocycles. The van der Waals surface area contributed by atoms with Crippen molar-refractivity contribution in [1.29, 1.82) is 0 Å². The van der Waals surface area contributed by atoms with Crippen molar-refractivity contribution in [3.05, 3.63) is 0 Å². The zero-order chi connectivity index (χ0) is 11.5. The van der Waals surface area contributed by atoms with Crippen LogP contribution in [-0.4, -0.2) is 58.7 Å². The van der Waals surface area contributed by atoms with Gasteiger partial charge < -0.3 is 5.32 Å². The van der Waals surface area contributed by atoms with E-state index in [2.05, 4.69) is 5.32 Å². The number of nitrogens with zero attached hydrogens (tertiary/aromatic N) is 1. The Balaban J connectivity index is 2.76. The van der Waals surface area contributed by atoms with Crippen LogP contribution in [0.5, 0.6) is 0 Å². The molecular formula is C7H16N2O4S2. The van der Waals surface area contributed by atoms with Gasteiger partial charge in [-0.15, -0.1) is 0 Å². The molecule has 1 saturated heterocycles. The van der Waals surface area contributed by atoms with E-state index < -0.39 is 24.9 Å². The van der Waals surface area contributed by atoms with Crippen molar-refractivity contribution in [3.8, 4) is 0 Å². The van der Waals surface area contributed by atoms with Crippen LogP contribution in [0.4, 0.5) is 0 Å². The highest BCUT2D eigenvalue weighted by Gasteiger charge is 2.26. The van der Waals surface area contributed by atoms with E-state index in [1.165, 1.54) is 4.31 Å². The maximum Gasteiger partial charge on any atom is 0.228 e. The number of hydrogen-bond acceptors (Lipinski definition) is 5. The van der Waals surface area contributed by atoms with Gasteiger partial charge in [-0.3, -0.25) is 0 Å². The number of sulfonamides is 1. The Morgan fingerprint density at radius 3 is 2.40 bits per heavy atom. The van der Waals surface area contributed by atoms with Gasteiger partial charge in [-0.25, -0.2) is 16.8 Å². The summed E-state index contributed by atoms with van der Waals surface area (Å²) in [6.07, 6.45) is 1.64. The minimum absolute atomic E-state index is 0.345. The second kappa shape index (κ2) is 4.77. The average Bonchev–Trinajstić information content (AvgIpc) is 2.25. The molecule has 0 amide bonds. The van der Waals surface area contributed by atoms with Gasteiger partial charge in [-0.1, -0.05) is 0 Å². The molecule has 1 rings (SSSR count). The molecule has 1 N–H and O–H groups in total. The van der Waals surface area contributed by atoms with Crippen molar-refractivity contribution in [2.75, 3.05) is 37.5 Å². The lowest BCUT2D eigenvalue weighted by atomic mass is 10.4. The van der Waals surface area contributed by atoms with Crippen molar-refractivity contribution < 1.29 is 16.8 Å². The zero-order valence-corrected chi connectivity index (χ0v) is 10.3. The SMILES string of the molecule is CS(=O)(=O)CS(=O)(=O)N1CCCNCC1.